The highest BCUT2D eigenvalue weighted by Gasteiger charge is 2.24. The molecule has 1 aliphatic heterocycles. The van der Waals surface area contributed by atoms with Gasteiger partial charge in [-0.25, -0.2) is 4.98 Å². The first-order chi connectivity index (χ1) is 9.20. The molecule has 2 heterocycles. The van der Waals surface area contributed by atoms with Crippen LogP contribution in [0.3, 0.4) is 0 Å². The third kappa shape index (κ3) is 4.22. The number of hydrogen-bond donors (Lipinski definition) is 0. The Labute approximate surface area is 122 Å². The van der Waals surface area contributed by atoms with Gasteiger partial charge in [0.25, 0.3) is 0 Å². The van der Waals surface area contributed by atoms with Gasteiger partial charge in [-0.2, -0.15) is 0 Å². The van der Waals surface area contributed by atoms with Gasteiger partial charge in [0, 0.05) is 18.8 Å². The lowest BCUT2D eigenvalue weighted by atomic mass is 9.95. The van der Waals surface area contributed by atoms with Gasteiger partial charge in [-0.1, -0.05) is 33.3 Å². The van der Waals surface area contributed by atoms with Crippen LogP contribution in [0.4, 0.5) is 0 Å². The summed E-state index contributed by atoms with van der Waals surface area (Å²) in [6.07, 6.45) is 6.08. The van der Waals surface area contributed by atoms with Crippen molar-refractivity contribution in [1.29, 1.82) is 0 Å². The first kappa shape index (κ1) is 14.9. The Bertz CT molecular complexity index is 375. The van der Waals surface area contributed by atoms with Gasteiger partial charge >= 0.3 is 0 Å². The van der Waals surface area contributed by atoms with Crippen LogP contribution in [-0.4, -0.2) is 28.7 Å². The summed E-state index contributed by atoms with van der Waals surface area (Å²) in [5.74, 6) is 1.83. The van der Waals surface area contributed by atoms with Crippen LogP contribution in [0.25, 0.3) is 0 Å². The summed E-state index contributed by atoms with van der Waals surface area (Å²) in [6.45, 7) is 9.24. The zero-order valence-electron chi connectivity index (χ0n) is 12.4. The standard InChI is InChI=1S/C16H26N2S/c1-4-19-16-9-8-14(11-17-16)15-7-5-6-10-18(15)12-13(2)3/h8-9,11,13,15H,4-7,10,12H2,1-3H3. The molecule has 2 rings (SSSR count). The number of hydrogen-bond acceptors (Lipinski definition) is 3. The molecule has 0 aliphatic carbocycles. The molecule has 0 N–H and O–H groups in total. The summed E-state index contributed by atoms with van der Waals surface area (Å²) < 4.78 is 0. The van der Waals surface area contributed by atoms with E-state index in [2.05, 4.69) is 49.0 Å². The molecule has 0 spiro atoms. The normalized spacial score (nSPS) is 20.9. The summed E-state index contributed by atoms with van der Waals surface area (Å²) in [7, 11) is 0. The summed E-state index contributed by atoms with van der Waals surface area (Å²) in [5, 5.41) is 1.15. The van der Waals surface area contributed by atoms with Crippen molar-refractivity contribution >= 4 is 11.8 Å². The molecule has 0 aromatic carbocycles. The number of piperidine rings is 1. The van der Waals surface area contributed by atoms with Gasteiger partial charge in [0.15, 0.2) is 0 Å². The van der Waals surface area contributed by atoms with Gasteiger partial charge in [0.2, 0.25) is 0 Å². The highest BCUT2D eigenvalue weighted by Crippen LogP contribution is 2.31. The molecule has 106 valence electrons. The maximum absolute atomic E-state index is 4.59. The van der Waals surface area contributed by atoms with Crippen LogP contribution in [0, 0.1) is 5.92 Å². The average molecular weight is 278 g/mol. The van der Waals surface area contributed by atoms with Crippen molar-refractivity contribution in [2.24, 2.45) is 5.92 Å². The number of thioether (sulfide) groups is 1. The monoisotopic (exact) mass is 278 g/mol. The third-order valence-electron chi connectivity index (χ3n) is 3.65. The molecule has 0 amide bonds. The number of rotatable bonds is 5. The third-order valence-corrected chi connectivity index (χ3v) is 4.48. The van der Waals surface area contributed by atoms with Crippen molar-refractivity contribution in [3.05, 3.63) is 23.9 Å². The second-order valence-corrected chi connectivity index (χ2v) is 7.05. The lowest BCUT2D eigenvalue weighted by molar-refractivity contribution is 0.132. The van der Waals surface area contributed by atoms with E-state index in [0.717, 1.165) is 16.7 Å². The summed E-state index contributed by atoms with van der Waals surface area (Å²) in [6, 6.07) is 5.06. The van der Waals surface area contributed by atoms with Crippen molar-refractivity contribution in [3.8, 4) is 0 Å². The summed E-state index contributed by atoms with van der Waals surface area (Å²) in [4.78, 5) is 7.24. The Balaban J connectivity index is 2.08. The van der Waals surface area contributed by atoms with E-state index in [1.807, 2.05) is 11.8 Å². The molecule has 19 heavy (non-hydrogen) atoms. The van der Waals surface area contributed by atoms with Crippen LogP contribution < -0.4 is 0 Å². The molecule has 0 saturated carbocycles. The highest BCUT2D eigenvalue weighted by atomic mass is 32.2. The minimum Gasteiger partial charge on any atom is -0.296 e. The number of nitrogens with zero attached hydrogens (tertiary/aromatic N) is 2. The fourth-order valence-corrected chi connectivity index (χ4v) is 3.47. The smallest absolute Gasteiger partial charge is 0.0959 e. The van der Waals surface area contributed by atoms with Crippen LogP contribution >= 0.6 is 11.8 Å². The van der Waals surface area contributed by atoms with Crippen LogP contribution in [0.1, 0.15) is 51.6 Å². The lowest BCUT2D eigenvalue weighted by Gasteiger charge is -2.37. The van der Waals surface area contributed by atoms with E-state index in [1.165, 1.54) is 37.9 Å². The quantitative estimate of drug-likeness (QED) is 0.744. The zero-order chi connectivity index (χ0) is 13.7. The predicted octanol–water partition coefficient (Wildman–Crippen LogP) is 4.38. The van der Waals surface area contributed by atoms with E-state index in [1.54, 1.807) is 0 Å². The van der Waals surface area contributed by atoms with Crippen molar-refractivity contribution < 1.29 is 0 Å². The van der Waals surface area contributed by atoms with E-state index in [-0.39, 0.29) is 0 Å². The van der Waals surface area contributed by atoms with E-state index in [0.29, 0.717) is 6.04 Å². The molecular weight excluding hydrogens is 252 g/mol. The zero-order valence-corrected chi connectivity index (χ0v) is 13.2. The van der Waals surface area contributed by atoms with E-state index < -0.39 is 0 Å². The molecule has 1 saturated heterocycles. The second kappa shape index (κ2) is 7.30. The van der Waals surface area contributed by atoms with Crippen LogP contribution in [0.2, 0.25) is 0 Å². The summed E-state index contributed by atoms with van der Waals surface area (Å²) in [5.41, 5.74) is 1.40. The molecule has 1 aromatic heterocycles. The molecule has 3 heteroatoms. The summed E-state index contributed by atoms with van der Waals surface area (Å²) >= 11 is 1.82. The van der Waals surface area contributed by atoms with Crippen molar-refractivity contribution in [1.82, 2.24) is 9.88 Å². The maximum Gasteiger partial charge on any atom is 0.0959 e. The maximum atomic E-state index is 4.59. The molecule has 1 aliphatic rings. The molecule has 1 aromatic rings. The average Bonchev–Trinajstić information content (AvgIpc) is 2.40. The fraction of sp³-hybridized carbons (Fsp3) is 0.688. The van der Waals surface area contributed by atoms with Crippen LogP contribution in [-0.2, 0) is 0 Å². The van der Waals surface area contributed by atoms with E-state index >= 15 is 0 Å². The minimum absolute atomic E-state index is 0.587. The van der Waals surface area contributed by atoms with Gasteiger partial charge in [-0.05, 0) is 42.7 Å². The Morgan fingerprint density at radius 2 is 2.21 bits per heavy atom. The predicted molar refractivity (Wildman–Crippen MR) is 83.6 cm³/mol. The Morgan fingerprint density at radius 3 is 2.84 bits per heavy atom. The lowest BCUT2D eigenvalue weighted by Crippen LogP contribution is -2.36. The molecule has 0 bridgehead atoms. The van der Waals surface area contributed by atoms with Crippen molar-refractivity contribution in [3.63, 3.8) is 0 Å². The minimum atomic E-state index is 0.587. The largest absolute Gasteiger partial charge is 0.296 e. The van der Waals surface area contributed by atoms with E-state index in [4.69, 9.17) is 0 Å². The fourth-order valence-electron chi connectivity index (χ4n) is 2.88. The Kier molecular flexibility index (Phi) is 5.71. The molecule has 1 atom stereocenters. The van der Waals surface area contributed by atoms with Gasteiger partial charge in [-0.3, -0.25) is 4.90 Å². The van der Waals surface area contributed by atoms with Crippen molar-refractivity contribution in [2.45, 2.75) is 51.1 Å². The molecule has 1 fully saturated rings. The van der Waals surface area contributed by atoms with Gasteiger partial charge in [-0.15, -0.1) is 11.8 Å². The number of pyridine rings is 1. The first-order valence-electron chi connectivity index (χ1n) is 7.53. The van der Waals surface area contributed by atoms with Crippen LogP contribution in [0.15, 0.2) is 23.4 Å². The van der Waals surface area contributed by atoms with Gasteiger partial charge in [0.05, 0.1) is 5.03 Å². The Morgan fingerprint density at radius 1 is 1.37 bits per heavy atom. The molecule has 1 unspecified atom stereocenters. The SMILES string of the molecule is CCSc1ccc(C2CCCCN2CC(C)C)cn1. The number of aromatic nitrogens is 1. The Hall–Kier alpha value is -0.540. The second-order valence-electron chi connectivity index (χ2n) is 5.76. The van der Waals surface area contributed by atoms with E-state index in [9.17, 15) is 0 Å². The van der Waals surface area contributed by atoms with Crippen LogP contribution in [0.5, 0.6) is 0 Å². The molecule has 2 nitrogen and oxygen atoms in total. The number of likely N-dealkylation sites (tertiary alicyclic amines) is 1. The van der Waals surface area contributed by atoms with Gasteiger partial charge in [0.1, 0.15) is 0 Å². The topological polar surface area (TPSA) is 16.1 Å². The first-order valence-corrected chi connectivity index (χ1v) is 8.52. The highest BCUT2D eigenvalue weighted by molar-refractivity contribution is 7.99. The van der Waals surface area contributed by atoms with Crippen molar-refractivity contribution in [2.75, 3.05) is 18.8 Å². The van der Waals surface area contributed by atoms with Gasteiger partial charge < -0.3 is 0 Å². The molecule has 0 radical (unpaired) electrons. The molecular formula is C16H26N2S.